The number of aromatic nitrogens is 1. The maximum Gasteiger partial charge on any atom is 0.391 e. The fourth-order valence-electron chi connectivity index (χ4n) is 2.81. The van der Waals surface area contributed by atoms with Gasteiger partial charge in [-0.1, -0.05) is 10.2 Å². The van der Waals surface area contributed by atoms with E-state index in [1.807, 2.05) is 4.72 Å². The number of nitriles is 1. The molecule has 1 heterocycles. The van der Waals surface area contributed by atoms with E-state index in [0.29, 0.717) is 4.70 Å². The third-order valence-electron chi connectivity index (χ3n) is 4.45. The molecule has 0 fully saturated rings. The van der Waals surface area contributed by atoms with E-state index in [-0.39, 0.29) is 54.6 Å². The highest BCUT2D eigenvalue weighted by Gasteiger charge is 2.28. The third kappa shape index (κ3) is 8.18. The van der Waals surface area contributed by atoms with Crippen molar-refractivity contribution in [2.45, 2.75) is 4.34 Å². The smallest absolute Gasteiger partial charge is 0.391 e. The van der Waals surface area contributed by atoms with Crippen LogP contribution in [0.5, 0.6) is 17.2 Å². The van der Waals surface area contributed by atoms with Crippen molar-refractivity contribution in [2.24, 2.45) is 10.2 Å². The Hall–Kier alpha value is -4.13. The zero-order valence-corrected chi connectivity index (χ0v) is 22.1. The summed E-state index contributed by atoms with van der Waals surface area (Å²) in [5.41, 5.74) is 16.7. The Bertz CT molecular complexity index is 1600. The SMILES string of the molecule is N#Cc1ccc(OP(=O)(O)CNS(=O)(=O)c2nc3cc(OCCN=[N+]=[N-])c(OCCN=[N+]=[N-])cc3s2)cc1F. The van der Waals surface area contributed by atoms with Gasteiger partial charge in [0.2, 0.25) is 4.34 Å². The van der Waals surface area contributed by atoms with Crippen LogP contribution >= 0.6 is 18.9 Å². The van der Waals surface area contributed by atoms with Crippen molar-refractivity contribution in [1.29, 1.82) is 5.26 Å². The fourth-order valence-corrected chi connectivity index (χ4v) is 6.58. The molecule has 1 atom stereocenters. The summed E-state index contributed by atoms with van der Waals surface area (Å²) in [6, 6.07) is 7.28. The molecular weight excluding hydrogens is 580 g/mol. The molecule has 2 aromatic carbocycles. The summed E-state index contributed by atoms with van der Waals surface area (Å²) in [6.07, 6.45) is -1.06. The number of hydrogen-bond acceptors (Lipinski definition) is 11. The molecule has 3 aromatic rings. The minimum atomic E-state index is -4.63. The van der Waals surface area contributed by atoms with Crippen LogP contribution in [0.25, 0.3) is 31.1 Å². The van der Waals surface area contributed by atoms with Crippen LogP contribution < -0.4 is 18.7 Å². The Morgan fingerprint density at radius 3 is 2.38 bits per heavy atom. The highest BCUT2D eigenvalue weighted by Crippen LogP contribution is 2.42. The number of sulfonamides is 1. The lowest BCUT2D eigenvalue weighted by molar-refractivity contribution is 0.278. The number of nitrogens with one attached hydrogen (secondary N) is 1. The van der Waals surface area contributed by atoms with E-state index in [9.17, 15) is 22.3 Å². The first-order chi connectivity index (χ1) is 18.6. The summed E-state index contributed by atoms with van der Waals surface area (Å²) < 4.78 is 69.5. The first-order valence-corrected chi connectivity index (χ1v) is 14.6. The molecule has 1 unspecified atom stereocenters. The molecule has 0 aliphatic rings. The van der Waals surface area contributed by atoms with E-state index >= 15 is 0 Å². The number of azide groups is 2. The van der Waals surface area contributed by atoms with E-state index in [2.05, 4.69) is 25.0 Å². The highest BCUT2D eigenvalue weighted by atomic mass is 32.2. The number of rotatable bonds is 14. The minimum absolute atomic E-state index is 0.00567. The molecular formula is C19H17FN9O7PS2. The fraction of sp³-hybridized carbons (Fsp3) is 0.263. The van der Waals surface area contributed by atoms with Gasteiger partial charge in [0.1, 0.15) is 23.9 Å². The maximum absolute atomic E-state index is 13.7. The largest absolute Gasteiger partial charge is 0.490 e. The molecule has 39 heavy (non-hydrogen) atoms. The van der Waals surface area contributed by atoms with Gasteiger partial charge in [-0.25, -0.2) is 22.4 Å². The van der Waals surface area contributed by atoms with Gasteiger partial charge in [0.25, 0.3) is 10.0 Å². The minimum Gasteiger partial charge on any atom is -0.490 e. The molecule has 1 aromatic heterocycles. The third-order valence-corrected chi connectivity index (χ3v) is 8.52. The molecule has 3 rings (SSSR count). The molecule has 204 valence electrons. The van der Waals surface area contributed by atoms with Crippen LogP contribution in [0.1, 0.15) is 5.56 Å². The summed E-state index contributed by atoms with van der Waals surface area (Å²) in [7, 11) is -9.04. The molecule has 0 aliphatic carbocycles. The van der Waals surface area contributed by atoms with Crippen LogP contribution in [0.2, 0.25) is 0 Å². The van der Waals surface area contributed by atoms with Gasteiger partial charge >= 0.3 is 7.60 Å². The van der Waals surface area contributed by atoms with E-state index < -0.39 is 34.1 Å². The summed E-state index contributed by atoms with van der Waals surface area (Å²) >= 11 is 0.725. The molecule has 16 nitrogen and oxygen atoms in total. The second-order valence-corrected chi connectivity index (χ2v) is 11.9. The molecule has 2 N–H and O–H groups in total. The number of halogens is 1. The quantitative estimate of drug-likeness (QED) is 0.0887. The standard InChI is InChI=1S/C19H17FN9O7PS2/c20-14-7-13(2-1-12(14)10-21)36-37(30,31)11-26-39(32,33)19-27-15-8-16(34-5-3-24-28-22)17(9-18(15)38-19)35-6-4-25-29-23/h1-2,7-9,26H,3-6,11H2,(H,30,31). The summed E-state index contributed by atoms with van der Waals surface area (Å²) in [5.74, 6) is -1.02. The van der Waals surface area contributed by atoms with Crippen molar-refractivity contribution in [2.75, 3.05) is 32.6 Å². The number of benzene rings is 2. The summed E-state index contributed by atoms with van der Waals surface area (Å²) in [4.78, 5) is 19.3. The van der Waals surface area contributed by atoms with Gasteiger partial charge in [0.05, 0.1) is 42.1 Å². The Morgan fingerprint density at radius 1 is 1.15 bits per heavy atom. The molecule has 0 aliphatic heterocycles. The molecule has 0 saturated carbocycles. The lowest BCUT2D eigenvalue weighted by atomic mass is 10.2. The average molecular weight is 598 g/mol. The Balaban J connectivity index is 1.79. The van der Waals surface area contributed by atoms with Crippen molar-refractivity contribution >= 4 is 39.2 Å². The van der Waals surface area contributed by atoms with E-state index in [1.165, 1.54) is 12.1 Å². The zero-order chi connectivity index (χ0) is 28.5. The highest BCUT2D eigenvalue weighted by molar-refractivity contribution is 7.91. The van der Waals surface area contributed by atoms with Crippen molar-refractivity contribution in [3.63, 3.8) is 0 Å². The molecule has 0 radical (unpaired) electrons. The van der Waals surface area contributed by atoms with Gasteiger partial charge in [0, 0.05) is 28.0 Å². The first-order valence-electron chi connectivity index (χ1n) is 10.5. The number of hydrogen-bond donors (Lipinski definition) is 2. The number of nitrogens with zero attached hydrogens (tertiary/aromatic N) is 8. The van der Waals surface area contributed by atoms with Crippen LogP contribution in [-0.4, -0.2) is 50.9 Å². The maximum atomic E-state index is 13.7. The van der Waals surface area contributed by atoms with Gasteiger partial charge in [-0.3, -0.25) is 0 Å². The van der Waals surface area contributed by atoms with E-state index in [0.717, 1.165) is 29.5 Å². The Kier molecular flexibility index (Phi) is 9.88. The predicted molar refractivity (Wildman–Crippen MR) is 135 cm³/mol. The van der Waals surface area contributed by atoms with E-state index in [4.69, 9.17) is 30.3 Å². The molecule has 20 heteroatoms. The van der Waals surface area contributed by atoms with Gasteiger partial charge in [-0.15, -0.1) is 11.3 Å². The first kappa shape index (κ1) is 29.4. The Morgan fingerprint density at radius 2 is 1.79 bits per heavy atom. The van der Waals surface area contributed by atoms with Crippen molar-refractivity contribution in [3.05, 3.63) is 62.6 Å². The number of fused-ring (bicyclic) bond motifs is 1. The lowest BCUT2D eigenvalue weighted by Gasteiger charge is -2.14. The average Bonchev–Trinajstić information content (AvgIpc) is 3.32. The summed E-state index contributed by atoms with van der Waals surface area (Å²) in [5, 5.41) is 15.5. The number of ether oxygens (including phenoxy) is 2. The molecule has 0 spiro atoms. The van der Waals surface area contributed by atoms with E-state index in [1.54, 1.807) is 6.07 Å². The van der Waals surface area contributed by atoms with Crippen molar-refractivity contribution in [3.8, 4) is 23.3 Å². The second kappa shape index (κ2) is 13.1. The van der Waals surface area contributed by atoms with Crippen LogP contribution in [0.15, 0.2) is 44.9 Å². The Labute approximate surface area is 223 Å². The van der Waals surface area contributed by atoms with Crippen LogP contribution in [0.4, 0.5) is 4.39 Å². The lowest BCUT2D eigenvalue weighted by Crippen LogP contribution is -2.25. The zero-order valence-electron chi connectivity index (χ0n) is 19.5. The van der Waals surface area contributed by atoms with Crippen LogP contribution in [0.3, 0.4) is 0 Å². The van der Waals surface area contributed by atoms with Crippen LogP contribution in [0, 0.1) is 17.1 Å². The van der Waals surface area contributed by atoms with Crippen molar-refractivity contribution in [1.82, 2.24) is 9.71 Å². The second-order valence-electron chi connectivity index (χ2n) is 7.14. The number of thiazole rings is 1. The van der Waals surface area contributed by atoms with Gasteiger partial charge in [-0.05, 0) is 23.2 Å². The monoisotopic (exact) mass is 597 g/mol. The molecule has 0 bridgehead atoms. The molecule has 0 saturated heterocycles. The summed E-state index contributed by atoms with van der Waals surface area (Å²) in [6.45, 7) is -0.0141. The topological polar surface area (TPSA) is 245 Å². The normalized spacial score (nSPS) is 12.4. The van der Waals surface area contributed by atoms with Gasteiger partial charge in [-0.2, -0.15) is 9.98 Å². The predicted octanol–water partition coefficient (Wildman–Crippen LogP) is 4.19. The van der Waals surface area contributed by atoms with Crippen molar-refractivity contribution < 1.29 is 36.3 Å². The van der Waals surface area contributed by atoms with Gasteiger partial charge < -0.3 is 18.9 Å². The van der Waals surface area contributed by atoms with Gasteiger partial charge in [0.15, 0.2) is 11.5 Å². The molecule has 0 amide bonds. The van der Waals surface area contributed by atoms with Crippen LogP contribution in [-0.2, 0) is 14.6 Å².